The van der Waals surface area contributed by atoms with Crippen LogP contribution in [0.1, 0.15) is 45.4 Å². The summed E-state index contributed by atoms with van der Waals surface area (Å²) >= 11 is 0. The predicted octanol–water partition coefficient (Wildman–Crippen LogP) is 3.37. The van der Waals surface area contributed by atoms with Crippen molar-refractivity contribution in [3.8, 4) is 0 Å². The standard InChI is InChI=1S/C14H25N/c1-2-3-4-5-8-15-11-14-10-12-6-7-13(14)9-12/h6-7,12-15H,2-5,8-11H2,1H3. The summed E-state index contributed by atoms with van der Waals surface area (Å²) < 4.78 is 0. The van der Waals surface area contributed by atoms with Crippen molar-refractivity contribution in [3.05, 3.63) is 12.2 Å². The van der Waals surface area contributed by atoms with Crippen LogP contribution in [0.15, 0.2) is 12.2 Å². The first-order valence-electron chi connectivity index (χ1n) is 6.79. The molecule has 86 valence electrons. The lowest BCUT2D eigenvalue weighted by molar-refractivity contribution is 0.411. The van der Waals surface area contributed by atoms with Crippen molar-refractivity contribution in [2.24, 2.45) is 17.8 Å². The van der Waals surface area contributed by atoms with Gasteiger partial charge in [0.1, 0.15) is 0 Å². The van der Waals surface area contributed by atoms with Crippen LogP contribution in [-0.4, -0.2) is 13.1 Å². The number of unbranched alkanes of at least 4 members (excludes halogenated alkanes) is 3. The molecule has 1 fully saturated rings. The van der Waals surface area contributed by atoms with Gasteiger partial charge >= 0.3 is 0 Å². The van der Waals surface area contributed by atoms with Crippen molar-refractivity contribution in [2.45, 2.75) is 45.4 Å². The van der Waals surface area contributed by atoms with E-state index in [1.165, 1.54) is 51.6 Å². The van der Waals surface area contributed by atoms with Gasteiger partial charge in [-0.25, -0.2) is 0 Å². The van der Waals surface area contributed by atoms with Crippen molar-refractivity contribution in [1.29, 1.82) is 0 Å². The summed E-state index contributed by atoms with van der Waals surface area (Å²) in [6, 6.07) is 0. The number of allylic oxidation sites excluding steroid dienone is 2. The maximum atomic E-state index is 3.64. The van der Waals surface area contributed by atoms with Crippen LogP contribution < -0.4 is 5.32 Å². The van der Waals surface area contributed by atoms with Gasteiger partial charge in [-0.2, -0.15) is 0 Å². The van der Waals surface area contributed by atoms with Crippen LogP contribution in [0, 0.1) is 17.8 Å². The highest BCUT2D eigenvalue weighted by atomic mass is 14.9. The molecule has 15 heavy (non-hydrogen) atoms. The van der Waals surface area contributed by atoms with E-state index >= 15 is 0 Å². The Labute approximate surface area is 94.3 Å². The first-order chi connectivity index (χ1) is 7.40. The van der Waals surface area contributed by atoms with E-state index in [2.05, 4.69) is 24.4 Å². The molecule has 0 aromatic carbocycles. The minimum absolute atomic E-state index is 0.915. The van der Waals surface area contributed by atoms with E-state index in [0.29, 0.717) is 0 Å². The molecular formula is C14H25N. The third kappa shape index (κ3) is 3.07. The van der Waals surface area contributed by atoms with Crippen molar-refractivity contribution >= 4 is 0 Å². The lowest BCUT2D eigenvalue weighted by atomic mass is 9.93. The molecule has 0 saturated heterocycles. The summed E-state index contributed by atoms with van der Waals surface area (Å²) in [5.74, 6) is 2.80. The molecule has 2 aliphatic rings. The lowest BCUT2D eigenvalue weighted by Crippen LogP contribution is -2.26. The van der Waals surface area contributed by atoms with Gasteiger partial charge in [-0.15, -0.1) is 0 Å². The average molecular weight is 207 g/mol. The van der Waals surface area contributed by atoms with Crippen molar-refractivity contribution in [1.82, 2.24) is 5.32 Å². The molecule has 2 aliphatic carbocycles. The van der Waals surface area contributed by atoms with Gasteiger partial charge in [-0.05, 0) is 50.1 Å². The third-order valence-corrected chi connectivity index (χ3v) is 4.03. The highest BCUT2D eigenvalue weighted by molar-refractivity contribution is 5.10. The SMILES string of the molecule is CCCCCCNCC1CC2C=CC1C2. The highest BCUT2D eigenvalue weighted by Gasteiger charge is 2.34. The largest absolute Gasteiger partial charge is 0.316 e. The first-order valence-corrected chi connectivity index (χ1v) is 6.79. The fourth-order valence-corrected chi connectivity index (χ4v) is 3.09. The Morgan fingerprint density at radius 2 is 2.07 bits per heavy atom. The Kier molecular flexibility index (Phi) is 4.25. The average Bonchev–Trinajstić information content (AvgIpc) is 2.85. The summed E-state index contributed by atoms with van der Waals surface area (Å²) in [7, 11) is 0. The minimum Gasteiger partial charge on any atom is -0.316 e. The van der Waals surface area contributed by atoms with Crippen molar-refractivity contribution < 1.29 is 0 Å². The lowest BCUT2D eigenvalue weighted by Gasteiger charge is -2.18. The molecule has 0 aliphatic heterocycles. The second-order valence-electron chi connectivity index (χ2n) is 5.31. The smallest absolute Gasteiger partial charge is 0.00147 e. The maximum absolute atomic E-state index is 3.64. The molecule has 1 nitrogen and oxygen atoms in total. The third-order valence-electron chi connectivity index (χ3n) is 4.03. The Hall–Kier alpha value is -0.300. The normalized spacial score (nSPS) is 32.7. The number of nitrogens with one attached hydrogen (secondary N) is 1. The number of hydrogen-bond acceptors (Lipinski definition) is 1. The van der Waals surface area contributed by atoms with E-state index in [4.69, 9.17) is 0 Å². The summed E-state index contributed by atoms with van der Waals surface area (Å²) in [4.78, 5) is 0. The van der Waals surface area contributed by atoms with Crippen LogP contribution in [-0.2, 0) is 0 Å². The minimum atomic E-state index is 0.915. The van der Waals surface area contributed by atoms with Gasteiger partial charge in [0.15, 0.2) is 0 Å². The second-order valence-corrected chi connectivity index (χ2v) is 5.31. The Balaban J connectivity index is 1.50. The van der Waals surface area contributed by atoms with Crippen molar-refractivity contribution in [3.63, 3.8) is 0 Å². The molecule has 0 aromatic heterocycles. The summed E-state index contributed by atoms with van der Waals surface area (Å²) in [6.45, 7) is 4.77. The van der Waals surface area contributed by atoms with E-state index in [9.17, 15) is 0 Å². The molecular weight excluding hydrogens is 182 g/mol. The summed E-state index contributed by atoms with van der Waals surface area (Å²) in [5, 5.41) is 3.64. The first kappa shape index (κ1) is 11.2. The van der Waals surface area contributed by atoms with E-state index in [1.807, 2.05) is 0 Å². The van der Waals surface area contributed by atoms with Gasteiger partial charge in [0.05, 0.1) is 0 Å². The topological polar surface area (TPSA) is 12.0 Å². The van der Waals surface area contributed by atoms with Gasteiger partial charge in [0.2, 0.25) is 0 Å². The molecule has 0 heterocycles. The van der Waals surface area contributed by atoms with E-state index in [1.54, 1.807) is 0 Å². The number of hydrogen-bond donors (Lipinski definition) is 1. The molecule has 3 unspecified atom stereocenters. The monoisotopic (exact) mass is 207 g/mol. The molecule has 1 saturated carbocycles. The Bertz CT molecular complexity index is 209. The van der Waals surface area contributed by atoms with Gasteiger partial charge in [-0.1, -0.05) is 38.3 Å². The van der Waals surface area contributed by atoms with E-state index in [0.717, 1.165) is 17.8 Å². The van der Waals surface area contributed by atoms with Crippen molar-refractivity contribution in [2.75, 3.05) is 13.1 Å². The van der Waals surface area contributed by atoms with Crippen LogP contribution in [0.5, 0.6) is 0 Å². The van der Waals surface area contributed by atoms with E-state index < -0.39 is 0 Å². The van der Waals surface area contributed by atoms with Crippen LogP contribution in [0.2, 0.25) is 0 Å². The Morgan fingerprint density at radius 1 is 1.13 bits per heavy atom. The van der Waals surface area contributed by atoms with E-state index in [-0.39, 0.29) is 0 Å². The molecule has 1 heteroatoms. The zero-order chi connectivity index (χ0) is 10.5. The summed E-state index contributed by atoms with van der Waals surface area (Å²) in [5.41, 5.74) is 0. The van der Waals surface area contributed by atoms with Crippen LogP contribution >= 0.6 is 0 Å². The van der Waals surface area contributed by atoms with Gasteiger partial charge in [0.25, 0.3) is 0 Å². The molecule has 0 aromatic rings. The van der Waals surface area contributed by atoms with Gasteiger partial charge < -0.3 is 5.32 Å². The summed E-state index contributed by atoms with van der Waals surface area (Å²) in [6.07, 6.45) is 13.3. The van der Waals surface area contributed by atoms with Gasteiger partial charge in [0, 0.05) is 0 Å². The quantitative estimate of drug-likeness (QED) is 0.498. The van der Waals surface area contributed by atoms with Gasteiger partial charge in [-0.3, -0.25) is 0 Å². The fourth-order valence-electron chi connectivity index (χ4n) is 3.09. The molecule has 0 radical (unpaired) electrons. The highest BCUT2D eigenvalue weighted by Crippen LogP contribution is 2.42. The maximum Gasteiger partial charge on any atom is -0.00147 e. The molecule has 2 bridgehead atoms. The molecule has 0 spiro atoms. The molecule has 1 N–H and O–H groups in total. The number of fused-ring (bicyclic) bond motifs is 2. The predicted molar refractivity (Wildman–Crippen MR) is 65.9 cm³/mol. The van der Waals surface area contributed by atoms with Crippen LogP contribution in [0.25, 0.3) is 0 Å². The Morgan fingerprint density at radius 3 is 2.73 bits per heavy atom. The van der Waals surface area contributed by atoms with Crippen LogP contribution in [0.4, 0.5) is 0 Å². The molecule has 0 amide bonds. The fraction of sp³-hybridized carbons (Fsp3) is 0.857. The zero-order valence-electron chi connectivity index (χ0n) is 10.0. The molecule has 2 rings (SSSR count). The second kappa shape index (κ2) is 5.69. The zero-order valence-corrected chi connectivity index (χ0v) is 10.0. The number of rotatable bonds is 7. The molecule has 3 atom stereocenters. The van der Waals surface area contributed by atoms with Crippen LogP contribution in [0.3, 0.4) is 0 Å².